The molecule has 1 saturated heterocycles. The maximum Gasteiger partial charge on any atom is 0.223 e. The van der Waals surface area contributed by atoms with Crippen LogP contribution in [0.5, 0.6) is 0 Å². The molecule has 4 heteroatoms. The lowest BCUT2D eigenvalue weighted by molar-refractivity contribution is -0.134. The molecule has 0 aromatic rings. The number of rotatable bonds is 4. The van der Waals surface area contributed by atoms with Crippen LogP contribution >= 0.6 is 12.4 Å². The van der Waals surface area contributed by atoms with Crippen molar-refractivity contribution in [2.24, 2.45) is 5.41 Å². The van der Waals surface area contributed by atoms with Gasteiger partial charge >= 0.3 is 0 Å². The first-order valence-corrected chi connectivity index (χ1v) is 6.43. The Balaban J connectivity index is 0.00000256. The first-order valence-electron chi connectivity index (χ1n) is 6.43. The highest BCUT2D eigenvalue weighted by Gasteiger charge is 2.27. The van der Waals surface area contributed by atoms with Crippen LogP contribution in [-0.2, 0) is 4.79 Å². The summed E-state index contributed by atoms with van der Waals surface area (Å²) in [6, 6.07) is 0.488. The first kappa shape index (κ1) is 16.7. The zero-order chi connectivity index (χ0) is 12.2. The molecular formula is C13H27ClN2O. The summed E-state index contributed by atoms with van der Waals surface area (Å²) in [4.78, 5) is 14.2. The van der Waals surface area contributed by atoms with Crippen LogP contribution in [0.1, 0.15) is 46.5 Å². The second-order valence-electron chi connectivity index (χ2n) is 5.66. The van der Waals surface area contributed by atoms with Crippen molar-refractivity contribution >= 4 is 18.3 Å². The summed E-state index contributed by atoms with van der Waals surface area (Å²) in [7, 11) is 1.98. The number of nitrogens with zero attached hydrogens (tertiary/aromatic N) is 1. The van der Waals surface area contributed by atoms with Crippen LogP contribution in [-0.4, -0.2) is 37.0 Å². The Bertz CT molecular complexity index is 244. The number of nitrogens with one attached hydrogen (secondary N) is 1. The molecule has 0 aliphatic carbocycles. The van der Waals surface area contributed by atoms with Gasteiger partial charge in [-0.3, -0.25) is 4.79 Å². The Hall–Kier alpha value is -0.280. The second-order valence-corrected chi connectivity index (χ2v) is 5.66. The van der Waals surface area contributed by atoms with Crippen molar-refractivity contribution in [3.05, 3.63) is 0 Å². The minimum Gasteiger partial charge on any atom is -0.341 e. The van der Waals surface area contributed by atoms with Crippen molar-refractivity contribution in [1.82, 2.24) is 10.2 Å². The normalized spacial score (nSPS) is 20.9. The van der Waals surface area contributed by atoms with Gasteiger partial charge in [-0.15, -0.1) is 12.4 Å². The zero-order valence-corrected chi connectivity index (χ0v) is 12.4. The summed E-state index contributed by atoms with van der Waals surface area (Å²) in [5.41, 5.74) is 0.143. The highest BCUT2D eigenvalue weighted by molar-refractivity contribution is 5.85. The van der Waals surface area contributed by atoms with E-state index in [0.29, 0.717) is 18.4 Å². The SMILES string of the molecule is CCC(C)(C)CC(=O)N1CCCC(NC)C1.Cl. The van der Waals surface area contributed by atoms with Gasteiger partial charge in [0.15, 0.2) is 0 Å². The molecule has 0 aromatic heterocycles. The Morgan fingerprint density at radius 1 is 1.47 bits per heavy atom. The van der Waals surface area contributed by atoms with Gasteiger partial charge in [-0.25, -0.2) is 0 Å². The average Bonchev–Trinajstić information content (AvgIpc) is 2.28. The summed E-state index contributed by atoms with van der Waals surface area (Å²) < 4.78 is 0. The first-order chi connectivity index (χ1) is 7.48. The van der Waals surface area contributed by atoms with Gasteiger partial charge in [0.25, 0.3) is 0 Å². The number of hydrogen-bond donors (Lipinski definition) is 1. The van der Waals surface area contributed by atoms with Crippen LogP contribution < -0.4 is 5.32 Å². The largest absolute Gasteiger partial charge is 0.341 e. The molecule has 17 heavy (non-hydrogen) atoms. The standard InChI is InChI=1S/C13H26N2O.ClH/c1-5-13(2,3)9-12(16)15-8-6-7-11(10-15)14-4;/h11,14H,5-10H2,1-4H3;1H. The number of likely N-dealkylation sites (N-methyl/N-ethyl adjacent to an activating group) is 1. The predicted molar refractivity (Wildman–Crippen MR) is 74.6 cm³/mol. The lowest BCUT2D eigenvalue weighted by Crippen LogP contribution is -2.47. The fourth-order valence-electron chi connectivity index (χ4n) is 2.09. The topological polar surface area (TPSA) is 32.3 Å². The molecule has 0 saturated carbocycles. The molecule has 1 rings (SSSR count). The van der Waals surface area contributed by atoms with Crippen molar-refractivity contribution in [2.75, 3.05) is 20.1 Å². The molecule has 3 nitrogen and oxygen atoms in total. The highest BCUT2D eigenvalue weighted by atomic mass is 35.5. The van der Waals surface area contributed by atoms with Crippen LogP contribution in [0.4, 0.5) is 0 Å². The number of hydrogen-bond acceptors (Lipinski definition) is 2. The summed E-state index contributed by atoms with van der Waals surface area (Å²) in [6.07, 6.45) is 4.06. The third kappa shape index (κ3) is 5.26. The van der Waals surface area contributed by atoms with Gasteiger partial charge in [0.2, 0.25) is 5.91 Å². The fraction of sp³-hybridized carbons (Fsp3) is 0.923. The van der Waals surface area contributed by atoms with Gasteiger partial charge in [0, 0.05) is 25.6 Å². The molecule has 1 atom stereocenters. The Morgan fingerprint density at radius 2 is 2.12 bits per heavy atom. The molecule has 0 bridgehead atoms. The second kappa shape index (κ2) is 7.22. The van der Waals surface area contributed by atoms with Crippen LogP contribution in [0.25, 0.3) is 0 Å². The third-order valence-electron chi connectivity index (χ3n) is 3.77. The van der Waals surface area contributed by atoms with E-state index >= 15 is 0 Å². The summed E-state index contributed by atoms with van der Waals surface area (Å²) in [6.45, 7) is 8.32. The number of carbonyl (C=O) groups excluding carboxylic acids is 1. The summed E-state index contributed by atoms with van der Waals surface area (Å²) in [5, 5.41) is 3.27. The molecule has 0 radical (unpaired) electrons. The number of carbonyl (C=O) groups is 1. The van der Waals surface area contributed by atoms with Gasteiger partial charge in [0.05, 0.1) is 0 Å². The van der Waals surface area contributed by atoms with Crippen molar-refractivity contribution in [2.45, 2.75) is 52.5 Å². The minimum atomic E-state index is 0. The molecule has 0 aromatic carbocycles. The lowest BCUT2D eigenvalue weighted by Gasteiger charge is -2.34. The van der Waals surface area contributed by atoms with E-state index in [0.717, 1.165) is 25.9 Å². The van der Waals surface area contributed by atoms with E-state index in [9.17, 15) is 4.79 Å². The molecule has 102 valence electrons. The van der Waals surface area contributed by atoms with Crippen LogP contribution in [0, 0.1) is 5.41 Å². The van der Waals surface area contributed by atoms with Crippen molar-refractivity contribution < 1.29 is 4.79 Å². The van der Waals surface area contributed by atoms with E-state index in [1.54, 1.807) is 0 Å². The molecule has 1 fully saturated rings. The Morgan fingerprint density at radius 3 is 2.65 bits per heavy atom. The van der Waals surface area contributed by atoms with E-state index in [1.165, 1.54) is 6.42 Å². The Labute approximate surface area is 112 Å². The van der Waals surface area contributed by atoms with E-state index in [2.05, 4.69) is 26.1 Å². The molecule has 1 amide bonds. The van der Waals surface area contributed by atoms with E-state index in [1.807, 2.05) is 11.9 Å². The average molecular weight is 263 g/mol. The number of piperidine rings is 1. The summed E-state index contributed by atoms with van der Waals surface area (Å²) >= 11 is 0. The number of halogens is 1. The lowest BCUT2D eigenvalue weighted by atomic mass is 9.85. The number of amides is 1. The molecule has 1 N–H and O–H groups in total. The molecule has 1 heterocycles. The van der Waals surface area contributed by atoms with Gasteiger partial charge in [-0.05, 0) is 25.3 Å². The van der Waals surface area contributed by atoms with Gasteiger partial charge < -0.3 is 10.2 Å². The molecule has 1 aliphatic heterocycles. The van der Waals surface area contributed by atoms with Crippen LogP contribution in [0.3, 0.4) is 0 Å². The predicted octanol–water partition coefficient (Wildman–Crippen LogP) is 2.44. The van der Waals surface area contributed by atoms with Crippen molar-refractivity contribution in [3.63, 3.8) is 0 Å². The number of likely N-dealkylation sites (tertiary alicyclic amines) is 1. The van der Waals surface area contributed by atoms with Crippen LogP contribution in [0.2, 0.25) is 0 Å². The fourth-order valence-corrected chi connectivity index (χ4v) is 2.09. The molecule has 1 unspecified atom stereocenters. The third-order valence-corrected chi connectivity index (χ3v) is 3.77. The smallest absolute Gasteiger partial charge is 0.223 e. The quantitative estimate of drug-likeness (QED) is 0.844. The zero-order valence-electron chi connectivity index (χ0n) is 11.6. The highest BCUT2D eigenvalue weighted by Crippen LogP contribution is 2.26. The maximum atomic E-state index is 12.1. The molecular weight excluding hydrogens is 236 g/mol. The minimum absolute atomic E-state index is 0. The van der Waals surface area contributed by atoms with Crippen molar-refractivity contribution in [3.8, 4) is 0 Å². The van der Waals surface area contributed by atoms with E-state index in [4.69, 9.17) is 0 Å². The maximum absolute atomic E-state index is 12.1. The van der Waals surface area contributed by atoms with Gasteiger partial charge in [-0.2, -0.15) is 0 Å². The van der Waals surface area contributed by atoms with Gasteiger partial charge in [-0.1, -0.05) is 27.2 Å². The van der Waals surface area contributed by atoms with Crippen molar-refractivity contribution in [1.29, 1.82) is 0 Å². The summed E-state index contributed by atoms with van der Waals surface area (Å²) in [5.74, 6) is 0.326. The van der Waals surface area contributed by atoms with Gasteiger partial charge in [0.1, 0.15) is 0 Å². The molecule has 0 spiro atoms. The Kier molecular flexibility index (Phi) is 7.10. The van der Waals surface area contributed by atoms with Crippen LogP contribution in [0.15, 0.2) is 0 Å². The molecule has 1 aliphatic rings. The monoisotopic (exact) mass is 262 g/mol. The van der Waals surface area contributed by atoms with E-state index < -0.39 is 0 Å². The van der Waals surface area contributed by atoms with E-state index in [-0.39, 0.29) is 17.8 Å².